The lowest BCUT2D eigenvalue weighted by molar-refractivity contribution is -0.119. The molecule has 1 amide bonds. The number of rotatable bonds is 11. The number of amides is 1. The molecule has 0 aromatic heterocycles. The highest BCUT2D eigenvalue weighted by Crippen LogP contribution is 2.28. The van der Waals surface area contributed by atoms with Crippen molar-refractivity contribution in [3.05, 3.63) is 53.8 Å². The predicted molar refractivity (Wildman–Crippen MR) is 118 cm³/mol. The standard InChI is InChI=1S/C21H26FN3O5S/c1-4-12-30-19-11-10-16(13-20(19)29-5-2)14-23-24-21(26)15-25(31(3,27)28)18-9-7-6-8-17(18)22/h6-11,13-14H,4-5,12,15H2,1-3H3,(H,24,26)/b23-14-. The van der Waals surface area contributed by atoms with Crippen molar-refractivity contribution in [1.29, 1.82) is 0 Å². The maximum atomic E-state index is 14.0. The molecule has 10 heteroatoms. The Kier molecular flexibility index (Phi) is 8.80. The van der Waals surface area contributed by atoms with Crippen LogP contribution in [0, 0.1) is 5.82 Å². The number of anilines is 1. The molecule has 0 saturated heterocycles. The van der Waals surface area contributed by atoms with Gasteiger partial charge < -0.3 is 9.47 Å². The molecule has 0 bridgehead atoms. The van der Waals surface area contributed by atoms with Crippen molar-refractivity contribution in [2.75, 3.05) is 30.3 Å². The van der Waals surface area contributed by atoms with Crippen LogP contribution in [0.25, 0.3) is 0 Å². The minimum absolute atomic E-state index is 0.215. The van der Waals surface area contributed by atoms with Gasteiger partial charge in [-0.15, -0.1) is 0 Å². The highest BCUT2D eigenvalue weighted by molar-refractivity contribution is 7.92. The molecule has 2 aromatic carbocycles. The van der Waals surface area contributed by atoms with Crippen LogP contribution in [0.4, 0.5) is 10.1 Å². The van der Waals surface area contributed by atoms with Gasteiger partial charge in [-0.05, 0) is 49.2 Å². The van der Waals surface area contributed by atoms with E-state index in [4.69, 9.17) is 9.47 Å². The SMILES string of the molecule is CCCOc1ccc(/C=N\NC(=O)CN(c2ccccc2F)S(C)(=O)=O)cc1OCC. The Labute approximate surface area is 181 Å². The average Bonchev–Trinajstić information content (AvgIpc) is 2.71. The van der Waals surface area contributed by atoms with E-state index in [-0.39, 0.29) is 5.69 Å². The molecule has 0 atom stereocenters. The summed E-state index contributed by atoms with van der Waals surface area (Å²) in [4.78, 5) is 12.2. The molecule has 0 spiro atoms. The molecule has 0 radical (unpaired) electrons. The number of halogens is 1. The Morgan fingerprint density at radius 2 is 1.90 bits per heavy atom. The van der Waals surface area contributed by atoms with E-state index in [2.05, 4.69) is 10.5 Å². The van der Waals surface area contributed by atoms with Gasteiger partial charge >= 0.3 is 0 Å². The third-order valence-corrected chi connectivity index (χ3v) is 5.07. The number of hydrazone groups is 1. The predicted octanol–water partition coefficient (Wildman–Crippen LogP) is 2.93. The topological polar surface area (TPSA) is 97.3 Å². The molecule has 2 rings (SSSR count). The van der Waals surface area contributed by atoms with Gasteiger partial charge in [0.15, 0.2) is 11.5 Å². The number of nitrogens with zero attached hydrogens (tertiary/aromatic N) is 2. The fraction of sp³-hybridized carbons (Fsp3) is 0.333. The summed E-state index contributed by atoms with van der Waals surface area (Å²) in [7, 11) is -3.89. The van der Waals surface area contributed by atoms with Crippen LogP contribution in [0.2, 0.25) is 0 Å². The lowest BCUT2D eigenvalue weighted by Gasteiger charge is -2.21. The third-order valence-electron chi connectivity index (χ3n) is 3.94. The second-order valence-corrected chi connectivity index (χ2v) is 8.41. The molecule has 168 valence electrons. The summed E-state index contributed by atoms with van der Waals surface area (Å²) in [5.41, 5.74) is 2.68. The minimum Gasteiger partial charge on any atom is -0.490 e. The van der Waals surface area contributed by atoms with E-state index in [9.17, 15) is 17.6 Å². The molecular weight excluding hydrogens is 425 g/mol. The Bertz CT molecular complexity index is 1030. The molecule has 0 unspecified atom stereocenters. The lowest BCUT2D eigenvalue weighted by atomic mass is 10.2. The first-order valence-corrected chi connectivity index (χ1v) is 11.5. The van der Waals surface area contributed by atoms with Crippen molar-refractivity contribution in [3.63, 3.8) is 0 Å². The van der Waals surface area contributed by atoms with Crippen molar-refractivity contribution in [2.24, 2.45) is 5.10 Å². The zero-order valence-electron chi connectivity index (χ0n) is 17.7. The molecule has 8 nitrogen and oxygen atoms in total. The van der Waals surface area contributed by atoms with Crippen LogP contribution < -0.4 is 19.2 Å². The number of para-hydroxylation sites is 1. The molecule has 2 aromatic rings. The zero-order valence-corrected chi connectivity index (χ0v) is 18.5. The van der Waals surface area contributed by atoms with Crippen molar-refractivity contribution in [2.45, 2.75) is 20.3 Å². The van der Waals surface area contributed by atoms with Gasteiger partial charge in [-0.1, -0.05) is 19.1 Å². The molecule has 0 aliphatic heterocycles. The summed E-state index contributed by atoms with van der Waals surface area (Å²) < 4.78 is 50.0. The van der Waals surface area contributed by atoms with Crippen LogP contribution in [0.1, 0.15) is 25.8 Å². The van der Waals surface area contributed by atoms with Gasteiger partial charge in [0, 0.05) is 0 Å². The second kappa shape index (κ2) is 11.3. The van der Waals surface area contributed by atoms with E-state index in [1.165, 1.54) is 24.4 Å². The molecular formula is C21H26FN3O5S. The molecule has 0 saturated carbocycles. The van der Waals surface area contributed by atoms with Gasteiger partial charge in [0.05, 0.1) is 31.4 Å². The number of nitrogens with one attached hydrogen (secondary N) is 1. The fourth-order valence-electron chi connectivity index (χ4n) is 2.58. The number of sulfonamides is 1. The first-order valence-electron chi connectivity index (χ1n) is 9.70. The van der Waals surface area contributed by atoms with Crippen LogP contribution in [-0.4, -0.2) is 46.6 Å². The number of benzene rings is 2. The average molecular weight is 452 g/mol. The summed E-state index contributed by atoms with van der Waals surface area (Å²) in [6, 6.07) is 10.5. The number of carbonyl (C=O) groups excluding carboxylic acids is 1. The summed E-state index contributed by atoms with van der Waals surface area (Å²) in [6.45, 7) is 4.25. The molecule has 0 heterocycles. The normalized spacial score (nSPS) is 11.4. The molecule has 31 heavy (non-hydrogen) atoms. The van der Waals surface area contributed by atoms with E-state index < -0.39 is 28.3 Å². The maximum absolute atomic E-state index is 14.0. The van der Waals surface area contributed by atoms with E-state index in [1.54, 1.807) is 18.2 Å². The molecule has 0 aliphatic carbocycles. The van der Waals surface area contributed by atoms with Crippen molar-refractivity contribution < 1.29 is 27.1 Å². The van der Waals surface area contributed by atoms with Crippen molar-refractivity contribution in [3.8, 4) is 11.5 Å². The summed E-state index contributed by atoms with van der Waals surface area (Å²) in [5, 5.41) is 3.85. The van der Waals surface area contributed by atoms with Crippen LogP contribution in [0.15, 0.2) is 47.6 Å². The van der Waals surface area contributed by atoms with Gasteiger partial charge in [0.2, 0.25) is 10.0 Å². The fourth-order valence-corrected chi connectivity index (χ4v) is 3.44. The molecule has 0 aliphatic rings. The Morgan fingerprint density at radius 1 is 1.16 bits per heavy atom. The third kappa shape index (κ3) is 7.25. The number of hydrogen-bond donors (Lipinski definition) is 1. The van der Waals surface area contributed by atoms with Gasteiger partial charge in [-0.2, -0.15) is 5.10 Å². The Morgan fingerprint density at radius 3 is 2.55 bits per heavy atom. The van der Waals surface area contributed by atoms with Gasteiger partial charge in [0.25, 0.3) is 5.91 Å². The minimum atomic E-state index is -3.89. The number of ether oxygens (including phenoxy) is 2. The number of hydrogen-bond acceptors (Lipinski definition) is 6. The van der Waals surface area contributed by atoms with Gasteiger partial charge in [-0.25, -0.2) is 18.2 Å². The largest absolute Gasteiger partial charge is 0.490 e. The number of carbonyl (C=O) groups is 1. The summed E-state index contributed by atoms with van der Waals surface area (Å²) >= 11 is 0. The van der Waals surface area contributed by atoms with Crippen molar-refractivity contribution >= 4 is 27.8 Å². The Hall–Kier alpha value is -3.14. The van der Waals surface area contributed by atoms with E-state index in [1.807, 2.05) is 13.8 Å². The van der Waals surface area contributed by atoms with Crippen LogP contribution in [0.5, 0.6) is 11.5 Å². The maximum Gasteiger partial charge on any atom is 0.260 e. The zero-order chi connectivity index (χ0) is 22.9. The van der Waals surface area contributed by atoms with Crippen molar-refractivity contribution in [1.82, 2.24) is 5.43 Å². The van der Waals surface area contributed by atoms with Crippen LogP contribution >= 0.6 is 0 Å². The van der Waals surface area contributed by atoms with E-state index >= 15 is 0 Å². The first-order chi connectivity index (χ1) is 14.8. The van der Waals surface area contributed by atoms with E-state index in [0.717, 1.165) is 18.7 Å². The molecule has 1 N–H and O–H groups in total. The molecule has 0 fully saturated rings. The first kappa shape index (κ1) is 24.1. The highest BCUT2D eigenvalue weighted by atomic mass is 32.2. The Balaban J connectivity index is 2.08. The quantitative estimate of drug-likeness (QED) is 0.419. The van der Waals surface area contributed by atoms with Crippen LogP contribution in [0.3, 0.4) is 0 Å². The van der Waals surface area contributed by atoms with E-state index in [0.29, 0.717) is 34.6 Å². The lowest BCUT2D eigenvalue weighted by Crippen LogP contribution is -2.39. The van der Waals surface area contributed by atoms with Gasteiger partial charge in [-0.3, -0.25) is 9.10 Å². The van der Waals surface area contributed by atoms with Crippen LogP contribution in [-0.2, 0) is 14.8 Å². The summed E-state index contributed by atoms with van der Waals surface area (Å²) in [5.74, 6) is -0.316. The highest BCUT2D eigenvalue weighted by Gasteiger charge is 2.23. The smallest absolute Gasteiger partial charge is 0.260 e. The van der Waals surface area contributed by atoms with Gasteiger partial charge in [0.1, 0.15) is 12.4 Å². The second-order valence-electron chi connectivity index (χ2n) is 6.50. The monoisotopic (exact) mass is 451 g/mol. The summed E-state index contributed by atoms with van der Waals surface area (Å²) in [6.07, 6.45) is 3.14.